The van der Waals surface area contributed by atoms with E-state index in [9.17, 15) is 22.5 Å². The SMILES string of the molecule is COCCCOc1ccnc(CS(=O)c2nc3ccccc3n2S(=O)(=O)c2cc(C(=O)O)ccc2C)c1C.[Na]. The van der Waals surface area contributed by atoms with Crippen LogP contribution in [0.25, 0.3) is 11.0 Å². The molecular formula is C26H27N3NaO7S2. The average molecular weight is 581 g/mol. The van der Waals surface area contributed by atoms with Crippen molar-refractivity contribution < 1.29 is 32.0 Å². The first-order chi connectivity index (χ1) is 18.1. The van der Waals surface area contributed by atoms with Gasteiger partial charge in [-0.1, -0.05) is 18.2 Å². The van der Waals surface area contributed by atoms with Crippen molar-refractivity contribution in [2.45, 2.75) is 36.1 Å². The molecule has 0 bridgehead atoms. The van der Waals surface area contributed by atoms with E-state index in [1.165, 1.54) is 12.1 Å². The summed E-state index contributed by atoms with van der Waals surface area (Å²) in [4.78, 5) is 20.1. The standard InChI is InChI=1S/C26H27N3O7S2.Na/c1-17-9-10-19(25(30)31)15-24(17)38(33,34)29-22-8-5-4-7-20(22)28-26(29)37(32)16-21-18(2)23(11-12-27-21)36-14-6-13-35-3;/h4-5,7-12,15H,6,13-14,16H2,1-3H3,(H,30,31);. The van der Waals surface area contributed by atoms with Gasteiger partial charge in [-0.05, 0) is 49.7 Å². The van der Waals surface area contributed by atoms with Crippen LogP contribution in [0.3, 0.4) is 0 Å². The van der Waals surface area contributed by atoms with Crippen LogP contribution in [0.5, 0.6) is 5.75 Å². The number of carboxylic acids is 1. The fraction of sp³-hybridized carbons (Fsp3) is 0.269. The van der Waals surface area contributed by atoms with Crippen molar-refractivity contribution in [1.29, 1.82) is 0 Å². The largest absolute Gasteiger partial charge is 0.493 e. The molecule has 2 aromatic carbocycles. The summed E-state index contributed by atoms with van der Waals surface area (Å²) in [5.41, 5.74) is 1.91. The molecule has 201 valence electrons. The smallest absolute Gasteiger partial charge is 0.335 e. The van der Waals surface area contributed by atoms with Crippen LogP contribution in [-0.4, -0.2) is 87.5 Å². The zero-order valence-electron chi connectivity index (χ0n) is 22.1. The second-order valence-electron chi connectivity index (χ2n) is 8.50. The van der Waals surface area contributed by atoms with Crippen LogP contribution in [0, 0.1) is 13.8 Å². The Morgan fingerprint density at radius 2 is 1.85 bits per heavy atom. The molecule has 0 aliphatic heterocycles. The zero-order valence-corrected chi connectivity index (χ0v) is 25.7. The van der Waals surface area contributed by atoms with Gasteiger partial charge < -0.3 is 14.6 Å². The molecule has 10 nitrogen and oxygen atoms in total. The van der Waals surface area contributed by atoms with Crippen molar-refractivity contribution in [2.24, 2.45) is 0 Å². The molecule has 0 amide bonds. The van der Waals surface area contributed by atoms with E-state index < -0.39 is 26.8 Å². The van der Waals surface area contributed by atoms with Crippen LogP contribution in [0.15, 0.2) is 64.8 Å². The van der Waals surface area contributed by atoms with Gasteiger partial charge in [0.1, 0.15) is 5.75 Å². The molecule has 4 rings (SSSR count). The number of imidazole rings is 1. The van der Waals surface area contributed by atoms with Crippen LogP contribution >= 0.6 is 0 Å². The summed E-state index contributed by atoms with van der Waals surface area (Å²) in [6, 6.07) is 12.1. The maximum Gasteiger partial charge on any atom is 0.335 e. The van der Waals surface area contributed by atoms with Crippen LogP contribution in [0.2, 0.25) is 0 Å². The second kappa shape index (κ2) is 13.2. The predicted molar refractivity (Wildman–Crippen MR) is 147 cm³/mol. The van der Waals surface area contributed by atoms with Gasteiger partial charge in [-0.3, -0.25) is 9.19 Å². The number of hydrogen-bond donors (Lipinski definition) is 1. The van der Waals surface area contributed by atoms with Crippen molar-refractivity contribution in [3.63, 3.8) is 0 Å². The molecule has 1 unspecified atom stereocenters. The number of carboxylic acid groups (broad SMARTS) is 1. The van der Waals surface area contributed by atoms with Crippen molar-refractivity contribution in [3.8, 4) is 5.75 Å². The number of aryl methyl sites for hydroxylation is 1. The van der Waals surface area contributed by atoms with E-state index in [1.807, 2.05) is 0 Å². The van der Waals surface area contributed by atoms with E-state index in [4.69, 9.17) is 9.47 Å². The number of ether oxygens (including phenoxy) is 2. The Morgan fingerprint density at radius 3 is 2.56 bits per heavy atom. The number of benzene rings is 2. The van der Waals surface area contributed by atoms with Gasteiger partial charge in [0.25, 0.3) is 10.0 Å². The third-order valence-corrected chi connectivity index (χ3v) is 9.10. The van der Waals surface area contributed by atoms with E-state index in [1.54, 1.807) is 57.5 Å². The van der Waals surface area contributed by atoms with E-state index in [2.05, 4.69) is 9.97 Å². The van der Waals surface area contributed by atoms with E-state index in [-0.39, 0.29) is 56.4 Å². The molecule has 0 aliphatic carbocycles. The fourth-order valence-electron chi connectivity index (χ4n) is 3.90. The van der Waals surface area contributed by atoms with Crippen LogP contribution < -0.4 is 4.74 Å². The summed E-state index contributed by atoms with van der Waals surface area (Å²) >= 11 is 0. The maximum atomic E-state index is 13.9. The normalized spacial score (nSPS) is 12.2. The number of rotatable bonds is 11. The molecule has 1 N–H and O–H groups in total. The Labute approximate surface area is 251 Å². The number of pyridine rings is 1. The number of aromatic carboxylic acids is 1. The molecule has 39 heavy (non-hydrogen) atoms. The molecule has 0 fully saturated rings. The number of carbonyl (C=O) groups is 1. The van der Waals surface area contributed by atoms with Gasteiger partial charge in [0.15, 0.2) is 0 Å². The Kier molecular flexibility index (Phi) is 10.4. The van der Waals surface area contributed by atoms with Gasteiger partial charge in [-0.15, -0.1) is 0 Å². The molecule has 2 heterocycles. The number of para-hydroxylation sites is 2. The third-order valence-electron chi connectivity index (χ3n) is 5.92. The first kappa shape index (κ1) is 30.9. The fourth-order valence-corrected chi connectivity index (χ4v) is 7.20. The second-order valence-corrected chi connectivity index (χ2v) is 11.6. The monoisotopic (exact) mass is 580 g/mol. The van der Waals surface area contributed by atoms with Crippen LogP contribution in [0.4, 0.5) is 0 Å². The predicted octanol–water partition coefficient (Wildman–Crippen LogP) is 3.33. The van der Waals surface area contributed by atoms with E-state index in [0.717, 1.165) is 10.0 Å². The number of aromatic nitrogens is 3. The summed E-state index contributed by atoms with van der Waals surface area (Å²) in [6.07, 6.45) is 2.25. The summed E-state index contributed by atoms with van der Waals surface area (Å²) in [5, 5.41) is 9.24. The minimum Gasteiger partial charge on any atom is -0.493 e. The first-order valence-electron chi connectivity index (χ1n) is 11.7. The minimum absolute atomic E-state index is 0. The maximum absolute atomic E-state index is 13.9. The topological polar surface area (TPSA) is 138 Å². The van der Waals surface area contributed by atoms with Crippen LogP contribution in [-0.2, 0) is 31.3 Å². The molecule has 0 saturated carbocycles. The molecule has 13 heteroatoms. The third kappa shape index (κ3) is 6.59. The number of nitrogens with zero attached hydrogens (tertiary/aromatic N) is 3. The summed E-state index contributed by atoms with van der Waals surface area (Å²) < 4.78 is 53.3. The summed E-state index contributed by atoms with van der Waals surface area (Å²) in [7, 11) is -4.69. The Balaban J connectivity index is 0.00000420. The quantitative estimate of drug-likeness (QED) is 0.209. The van der Waals surface area contributed by atoms with Gasteiger partial charge in [0, 0.05) is 61.5 Å². The Hall–Kier alpha value is -2.61. The van der Waals surface area contributed by atoms with Crippen molar-refractivity contribution in [2.75, 3.05) is 20.3 Å². The Morgan fingerprint density at radius 1 is 1.10 bits per heavy atom. The molecule has 1 radical (unpaired) electrons. The molecule has 0 aliphatic rings. The number of hydrogen-bond acceptors (Lipinski definition) is 8. The van der Waals surface area contributed by atoms with Crippen molar-refractivity contribution in [3.05, 3.63) is 77.1 Å². The number of methoxy groups -OCH3 is 1. The Bertz CT molecular complexity index is 1640. The van der Waals surface area contributed by atoms with Gasteiger partial charge in [0.05, 0.1) is 50.3 Å². The van der Waals surface area contributed by atoms with E-state index >= 15 is 0 Å². The summed E-state index contributed by atoms with van der Waals surface area (Å²) in [5.74, 6) is -0.773. The molecule has 0 saturated heterocycles. The van der Waals surface area contributed by atoms with Gasteiger partial charge >= 0.3 is 5.97 Å². The average Bonchev–Trinajstić information content (AvgIpc) is 3.29. The minimum atomic E-state index is -4.37. The van der Waals surface area contributed by atoms with Gasteiger partial charge in [-0.25, -0.2) is 22.2 Å². The van der Waals surface area contributed by atoms with Gasteiger partial charge in [-0.2, -0.15) is 0 Å². The molecular weight excluding hydrogens is 553 g/mol. The molecule has 0 spiro atoms. The van der Waals surface area contributed by atoms with Crippen LogP contribution in [0.1, 0.15) is 33.6 Å². The molecule has 1 atom stereocenters. The summed E-state index contributed by atoms with van der Waals surface area (Å²) in [6.45, 7) is 4.36. The van der Waals surface area contributed by atoms with Gasteiger partial charge in [0.2, 0.25) is 5.16 Å². The molecule has 2 aromatic heterocycles. The molecule has 4 aromatic rings. The van der Waals surface area contributed by atoms with Crippen molar-refractivity contribution >= 4 is 67.4 Å². The van der Waals surface area contributed by atoms with Crippen molar-refractivity contribution in [1.82, 2.24) is 13.9 Å². The number of fused-ring (bicyclic) bond motifs is 1. The van der Waals surface area contributed by atoms with E-state index in [0.29, 0.717) is 47.7 Å². The first-order valence-corrected chi connectivity index (χ1v) is 14.4. The zero-order chi connectivity index (χ0) is 27.4.